The van der Waals surface area contributed by atoms with Crippen LogP contribution >= 0.6 is 0 Å². The maximum Gasteiger partial charge on any atom is 0.243 e. The van der Waals surface area contributed by atoms with Crippen molar-refractivity contribution in [3.05, 3.63) is 30.1 Å². The first kappa shape index (κ1) is 20.0. The number of amides is 1. The van der Waals surface area contributed by atoms with Crippen LogP contribution in [0.1, 0.15) is 26.2 Å². The molecule has 0 aliphatic carbocycles. The molecule has 2 N–H and O–H groups in total. The van der Waals surface area contributed by atoms with Crippen LogP contribution in [0, 0.1) is 5.82 Å². The van der Waals surface area contributed by atoms with Crippen LogP contribution < -0.4 is 15.5 Å². The molecule has 144 valence electrons. The van der Waals surface area contributed by atoms with Gasteiger partial charge in [0.05, 0.1) is 0 Å². The number of aliphatic imine (C=N–C) groups is 1. The number of halogens is 1. The highest BCUT2D eigenvalue weighted by Gasteiger charge is 2.21. The average Bonchev–Trinajstić information content (AvgIpc) is 2.63. The first-order chi connectivity index (χ1) is 12.5. The van der Waals surface area contributed by atoms with Crippen molar-refractivity contribution in [2.75, 3.05) is 45.2 Å². The molecule has 1 fully saturated rings. The number of hydrogen-bond donors (Lipinski definition) is 2. The fourth-order valence-electron chi connectivity index (χ4n) is 2.88. The van der Waals surface area contributed by atoms with Gasteiger partial charge in [0.25, 0.3) is 0 Å². The predicted octanol–water partition coefficient (Wildman–Crippen LogP) is 1.83. The van der Waals surface area contributed by atoms with Crippen molar-refractivity contribution in [1.29, 1.82) is 0 Å². The molecular weight excluding hydrogens is 333 g/mol. The largest absolute Gasteiger partial charge is 0.369 e. The summed E-state index contributed by atoms with van der Waals surface area (Å²) in [6, 6.07) is 6.91. The Morgan fingerprint density at radius 3 is 2.92 bits per heavy atom. The third kappa shape index (κ3) is 6.20. The smallest absolute Gasteiger partial charge is 0.243 e. The van der Waals surface area contributed by atoms with Crippen LogP contribution in [-0.4, -0.2) is 63.1 Å². The SMILES string of the molecule is CCCNC(=NCC(=O)N(C)C)NC1CCCN(c2cccc(F)c2)C1. The summed E-state index contributed by atoms with van der Waals surface area (Å²) in [6.45, 7) is 4.68. The van der Waals surface area contributed by atoms with Crippen molar-refractivity contribution in [2.45, 2.75) is 32.2 Å². The summed E-state index contributed by atoms with van der Waals surface area (Å²) >= 11 is 0. The van der Waals surface area contributed by atoms with Crippen molar-refractivity contribution < 1.29 is 9.18 Å². The van der Waals surface area contributed by atoms with Gasteiger partial charge in [-0.3, -0.25) is 4.79 Å². The minimum absolute atomic E-state index is 0.0346. The molecule has 1 atom stereocenters. The molecular formula is C19H30FN5O. The molecule has 1 heterocycles. The molecule has 0 bridgehead atoms. The average molecular weight is 363 g/mol. The lowest BCUT2D eigenvalue weighted by Gasteiger charge is -2.35. The van der Waals surface area contributed by atoms with Gasteiger partial charge in [-0.05, 0) is 37.5 Å². The van der Waals surface area contributed by atoms with Crippen LogP contribution in [0.5, 0.6) is 0 Å². The summed E-state index contributed by atoms with van der Waals surface area (Å²) in [5, 5.41) is 6.70. The van der Waals surface area contributed by atoms with Gasteiger partial charge in [-0.25, -0.2) is 9.38 Å². The number of rotatable bonds is 6. The van der Waals surface area contributed by atoms with Crippen LogP contribution in [0.25, 0.3) is 0 Å². The summed E-state index contributed by atoms with van der Waals surface area (Å²) in [5.41, 5.74) is 0.902. The van der Waals surface area contributed by atoms with Gasteiger partial charge >= 0.3 is 0 Å². The number of carbonyl (C=O) groups excluding carboxylic acids is 1. The van der Waals surface area contributed by atoms with E-state index in [4.69, 9.17) is 0 Å². The lowest BCUT2D eigenvalue weighted by Crippen LogP contribution is -2.51. The Morgan fingerprint density at radius 1 is 1.42 bits per heavy atom. The molecule has 1 amide bonds. The molecule has 0 radical (unpaired) electrons. The first-order valence-corrected chi connectivity index (χ1v) is 9.25. The number of hydrogen-bond acceptors (Lipinski definition) is 3. The number of likely N-dealkylation sites (N-methyl/N-ethyl adjacent to an activating group) is 1. The Bertz CT molecular complexity index is 620. The van der Waals surface area contributed by atoms with Crippen molar-refractivity contribution in [2.24, 2.45) is 4.99 Å². The number of carbonyl (C=O) groups is 1. The van der Waals surface area contributed by atoms with Crippen LogP contribution in [-0.2, 0) is 4.79 Å². The highest BCUT2D eigenvalue weighted by molar-refractivity contribution is 5.85. The topological polar surface area (TPSA) is 60.0 Å². The lowest BCUT2D eigenvalue weighted by atomic mass is 10.0. The van der Waals surface area contributed by atoms with Gasteiger partial charge in [0.2, 0.25) is 5.91 Å². The normalized spacial score (nSPS) is 17.8. The third-order valence-electron chi connectivity index (χ3n) is 4.35. The summed E-state index contributed by atoms with van der Waals surface area (Å²) in [4.78, 5) is 19.9. The van der Waals surface area contributed by atoms with Crippen molar-refractivity contribution in [3.63, 3.8) is 0 Å². The molecule has 1 aromatic rings. The summed E-state index contributed by atoms with van der Waals surface area (Å²) < 4.78 is 13.5. The zero-order chi connectivity index (χ0) is 18.9. The second kappa shape index (κ2) is 9.99. The van der Waals surface area contributed by atoms with Crippen LogP contribution in [0.2, 0.25) is 0 Å². The zero-order valence-electron chi connectivity index (χ0n) is 16.0. The Labute approximate surface area is 155 Å². The number of guanidine groups is 1. The van der Waals surface area contributed by atoms with E-state index in [1.807, 2.05) is 6.07 Å². The van der Waals surface area contributed by atoms with Gasteiger partial charge in [0.1, 0.15) is 12.4 Å². The summed E-state index contributed by atoms with van der Waals surface area (Å²) in [7, 11) is 3.45. The van der Waals surface area contributed by atoms with E-state index in [9.17, 15) is 9.18 Å². The maximum absolute atomic E-state index is 13.5. The number of nitrogens with one attached hydrogen (secondary N) is 2. The molecule has 6 nitrogen and oxygen atoms in total. The van der Waals surface area contributed by atoms with Crippen molar-refractivity contribution in [3.8, 4) is 0 Å². The van der Waals surface area contributed by atoms with Gasteiger partial charge in [-0.2, -0.15) is 0 Å². The van der Waals surface area contributed by atoms with Crippen LogP contribution in [0.4, 0.5) is 10.1 Å². The Morgan fingerprint density at radius 2 is 2.23 bits per heavy atom. The number of nitrogens with zero attached hydrogens (tertiary/aromatic N) is 3. The van der Waals surface area contributed by atoms with Crippen molar-refractivity contribution >= 4 is 17.6 Å². The molecule has 0 aromatic heterocycles. The Kier molecular flexibility index (Phi) is 7.69. The van der Waals surface area contributed by atoms with Gasteiger partial charge in [0, 0.05) is 45.5 Å². The number of piperidine rings is 1. The highest BCUT2D eigenvalue weighted by atomic mass is 19.1. The Balaban J connectivity index is 1.99. The van der Waals surface area contributed by atoms with E-state index in [-0.39, 0.29) is 24.3 Å². The van der Waals surface area contributed by atoms with Gasteiger partial charge in [0.15, 0.2) is 5.96 Å². The van der Waals surface area contributed by atoms with E-state index in [1.54, 1.807) is 26.2 Å². The van der Waals surface area contributed by atoms with E-state index >= 15 is 0 Å². The molecule has 1 saturated heterocycles. The lowest BCUT2D eigenvalue weighted by molar-refractivity contribution is -0.127. The predicted molar refractivity (Wildman–Crippen MR) is 104 cm³/mol. The maximum atomic E-state index is 13.5. The summed E-state index contributed by atoms with van der Waals surface area (Å²) in [6.07, 6.45) is 3.01. The molecule has 1 aliphatic heterocycles. The molecule has 0 spiro atoms. The quantitative estimate of drug-likeness (QED) is 0.598. The molecule has 1 aliphatic rings. The standard InChI is InChI=1S/C19H30FN5O/c1-4-10-21-19(22-13-18(26)24(2)3)23-16-8-6-11-25(14-16)17-9-5-7-15(20)12-17/h5,7,9,12,16H,4,6,8,10-11,13-14H2,1-3H3,(H2,21,22,23). The van der Waals surface area contributed by atoms with E-state index in [1.165, 1.54) is 11.0 Å². The molecule has 1 aromatic carbocycles. The second-order valence-corrected chi connectivity index (χ2v) is 6.79. The number of benzene rings is 1. The Hall–Kier alpha value is -2.31. The summed E-state index contributed by atoms with van der Waals surface area (Å²) in [5.74, 6) is 0.410. The fraction of sp³-hybridized carbons (Fsp3) is 0.579. The molecule has 2 rings (SSSR count). The molecule has 0 saturated carbocycles. The van der Waals surface area contributed by atoms with Gasteiger partial charge < -0.3 is 20.4 Å². The van der Waals surface area contributed by atoms with Crippen LogP contribution in [0.15, 0.2) is 29.3 Å². The van der Waals surface area contributed by atoms with Gasteiger partial charge in [-0.15, -0.1) is 0 Å². The molecule has 7 heteroatoms. The van der Waals surface area contributed by atoms with Crippen LogP contribution in [0.3, 0.4) is 0 Å². The monoisotopic (exact) mass is 363 g/mol. The van der Waals surface area contributed by atoms with E-state index in [0.717, 1.165) is 44.6 Å². The minimum atomic E-state index is -0.216. The highest BCUT2D eigenvalue weighted by Crippen LogP contribution is 2.20. The molecule has 1 unspecified atom stereocenters. The van der Waals surface area contributed by atoms with Crippen molar-refractivity contribution in [1.82, 2.24) is 15.5 Å². The van der Waals surface area contributed by atoms with E-state index in [0.29, 0.717) is 5.96 Å². The second-order valence-electron chi connectivity index (χ2n) is 6.79. The minimum Gasteiger partial charge on any atom is -0.369 e. The van der Waals surface area contributed by atoms with Gasteiger partial charge in [-0.1, -0.05) is 13.0 Å². The fourth-order valence-corrected chi connectivity index (χ4v) is 2.88. The molecule has 26 heavy (non-hydrogen) atoms. The zero-order valence-corrected chi connectivity index (χ0v) is 16.0. The number of anilines is 1. The van der Waals surface area contributed by atoms with E-state index < -0.39 is 0 Å². The van der Waals surface area contributed by atoms with E-state index in [2.05, 4.69) is 27.4 Å². The third-order valence-corrected chi connectivity index (χ3v) is 4.35. The first-order valence-electron chi connectivity index (χ1n) is 9.25.